The molecule has 0 spiro atoms. The van der Waals surface area contributed by atoms with Gasteiger partial charge < -0.3 is 5.73 Å². The highest BCUT2D eigenvalue weighted by molar-refractivity contribution is 6.30. The van der Waals surface area contributed by atoms with Gasteiger partial charge >= 0.3 is 5.69 Å². The standard InChI is InChI=1S/C23H25ClN4O3/c1-15(17-9-11-18(24)12-10-17)26(2)14-19(29)20-21(25)28(23(31)27(3)22(20)30)13-16-7-5-4-6-8-16/h4-12,15H,13-14,25H2,1-3H3. The maximum absolute atomic E-state index is 13.1. The van der Waals surface area contributed by atoms with Crippen LogP contribution in [-0.4, -0.2) is 33.4 Å². The van der Waals surface area contributed by atoms with Crippen molar-refractivity contribution in [2.75, 3.05) is 19.3 Å². The molecule has 0 bridgehead atoms. The highest BCUT2D eigenvalue weighted by Crippen LogP contribution is 2.21. The molecule has 0 aliphatic rings. The molecule has 0 saturated heterocycles. The van der Waals surface area contributed by atoms with Gasteiger partial charge in [-0.15, -0.1) is 0 Å². The van der Waals surface area contributed by atoms with E-state index < -0.39 is 17.0 Å². The SMILES string of the molecule is CC(c1ccc(Cl)cc1)N(C)CC(=O)c1c(N)n(Cc2ccccc2)c(=O)n(C)c1=O. The number of rotatable bonds is 7. The molecule has 1 aromatic heterocycles. The second-order valence-corrected chi connectivity index (χ2v) is 7.98. The number of carbonyl (C=O) groups excluding carboxylic acids is 1. The maximum Gasteiger partial charge on any atom is 0.332 e. The molecule has 0 radical (unpaired) electrons. The van der Waals surface area contributed by atoms with Crippen molar-refractivity contribution < 1.29 is 4.79 Å². The van der Waals surface area contributed by atoms with Crippen LogP contribution < -0.4 is 17.0 Å². The number of anilines is 1. The highest BCUT2D eigenvalue weighted by atomic mass is 35.5. The number of benzene rings is 2. The monoisotopic (exact) mass is 440 g/mol. The molecule has 0 aliphatic carbocycles. The van der Waals surface area contributed by atoms with Crippen LogP contribution in [0.1, 0.15) is 34.5 Å². The Morgan fingerprint density at radius 1 is 1.10 bits per heavy atom. The zero-order valence-corrected chi connectivity index (χ0v) is 18.5. The van der Waals surface area contributed by atoms with Crippen molar-refractivity contribution in [1.82, 2.24) is 14.0 Å². The summed E-state index contributed by atoms with van der Waals surface area (Å²) in [5, 5.41) is 0.631. The normalized spacial score (nSPS) is 12.2. The number of carbonyl (C=O) groups is 1. The Hall–Kier alpha value is -3.16. The molecular weight excluding hydrogens is 416 g/mol. The van der Waals surface area contributed by atoms with Crippen LogP contribution in [0.15, 0.2) is 64.2 Å². The first-order valence-corrected chi connectivity index (χ1v) is 10.2. The Kier molecular flexibility index (Phi) is 6.77. The number of Topliss-reactive ketones (excluding diaryl/α,β-unsaturated/α-hetero) is 1. The van der Waals surface area contributed by atoms with E-state index >= 15 is 0 Å². The summed E-state index contributed by atoms with van der Waals surface area (Å²) in [5.74, 6) is -0.558. The van der Waals surface area contributed by atoms with Crippen LogP contribution in [0.4, 0.5) is 5.82 Å². The Balaban J connectivity index is 1.92. The zero-order chi connectivity index (χ0) is 22.7. The Bertz CT molecular complexity index is 1200. The molecule has 2 N–H and O–H groups in total. The third-order valence-corrected chi connectivity index (χ3v) is 5.70. The Labute approximate surface area is 185 Å². The van der Waals surface area contributed by atoms with E-state index in [4.69, 9.17) is 17.3 Å². The molecule has 0 saturated carbocycles. The molecule has 1 unspecified atom stereocenters. The van der Waals surface area contributed by atoms with Gasteiger partial charge in [0.05, 0.1) is 13.1 Å². The second kappa shape index (κ2) is 9.32. The number of nitrogen functional groups attached to an aromatic ring is 1. The summed E-state index contributed by atoms with van der Waals surface area (Å²) < 4.78 is 2.18. The number of aromatic nitrogens is 2. The minimum absolute atomic E-state index is 0.0349. The lowest BCUT2D eigenvalue weighted by Crippen LogP contribution is -2.44. The molecular formula is C23H25ClN4O3. The molecule has 0 aliphatic heterocycles. The van der Waals surface area contributed by atoms with Crippen molar-refractivity contribution in [3.8, 4) is 0 Å². The number of ketones is 1. The second-order valence-electron chi connectivity index (χ2n) is 7.54. The molecule has 3 rings (SSSR count). The van der Waals surface area contributed by atoms with E-state index in [9.17, 15) is 14.4 Å². The Morgan fingerprint density at radius 3 is 2.32 bits per heavy atom. The zero-order valence-electron chi connectivity index (χ0n) is 17.7. The molecule has 1 atom stereocenters. The molecule has 3 aromatic rings. The quantitative estimate of drug-likeness (QED) is 0.570. The van der Waals surface area contributed by atoms with Gasteiger partial charge in [0.1, 0.15) is 11.4 Å². The van der Waals surface area contributed by atoms with Crippen LogP contribution in [0.5, 0.6) is 0 Å². The molecule has 2 aromatic carbocycles. The number of hydrogen-bond acceptors (Lipinski definition) is 5. The number of likely N-dealkylation sites (N-methyl/N-ethyl adjacent to an activating group) is 1. The van der Waals surface area contributed by atoms with Gasteiger partial charge in [-0.1, -0.05) is 54.1 Å². The van der Waals surface area contributed by atoms with Crippen LogP contribution in [-0.2, 0) is 13.6 Å². The van der Waals surface area contributed by atoms with E-state index in [0.29, 0.717) is 5.02 Å². The number of halogens is 1. The van der Waals surface area contributed by atoms with Crippen molar-refractivity contribution in [1.29, 1.82) is 0 Å². The van der Waals surface area contributed by atoms with Gasteiger partial charge in [0.25, 0.3) is 5.56 Å². The van der Waals surface area contributed by atoms with Crippen LogP contribution >= 0.6 is 11.6 Å². The van der Waals surface area contributed by atoms with E-state index in [2.05, 4.69) is 0 Å². The summed E-state index contributed by atoms with van der Waals surface area (Å²) in [6.45, 7) is 2.08. The maximum atomic E-state index is 13.1. The van der Waals surface area contributed by atoms with Gasteiger partial charge in [0, 0.05) is 18.1 Å². The van der Waals surface area contributed by atoms with Gasteiger partial charge in [-0.3, -0.25) is 23.6 Å². The average molecular weight is 441 g/mol. The Morgan fingerprint density at radius 2 is 1.71 bits per heavy atom. The van der Waals surface area contributed by atoms with Gasteiger partial charge in [0.2, 0.25) is 0 Å². The van der Waals surface area contributed by atoms with Crippen LogP contribution in [0.3, 0.4) is 0 Å². The van der Waals surface area contributed by atoms with Gasteiger partial charge in [-0.25, -0.2) is 4.79 Å². The number of nitrogens with zero attached hydrogens (tertiary/aromatic N) is 3. The summed E-state index contributed by atoms with van der Waals surface area (Å²) >= 11 is 5.95. The number of hydrogen-bond donors (Lipinski definition) is 1. The molecule has 0 amide bonds. The summed E-state index contributed by atoms with van der Waals surface area (Å²) in [7, 11) is 3.14. The first-order valence-electron chi connectivity index (χ1n) is 9.82. The van der Waals surface area contributed by atoms with Crippen molar-refractivity contribution in [2.45, 2.75) is 19.5 Å². The van der Waals surface area contributed by atoms with Crippen molar-refractivity contribution in [3.05, 3.63) is 97.1 Å². The predicted molar refractivity (Wildman–Crippen MR) is 123 cm³/mol. The van der Waals surface area contributed by atoms with Crippen molar-refractivity contribution in [3.63, 3.8) is 0 Å². The average Bonchev–Trinajstić information content (AvgIpc) is 2.76. The highest BCUT2D eigenvalue weighted by Gasteiger charge is 2.24. The smallest absolute Gasteiger partial charge is 0.332 e. The van der Waals surface area contributed by atoms with Crippen LogP contribution in [0.2, 0.25) is 5.02 Å². The van der Waals surface area contributed by atoms with Crippen LogP contribution in [0, 0.1) is 0 Å². The first kappa shape index (κ1) is 22.5. The molecule has 7 nitrogen and oxygen atoms in total. The van der Waals surface area contributed by atoms with Gasteiger partial charge in [0.15, 0.2) is 5.78 Å². The number of nitrogens with two attached hydrogens (primary N) is 1. The summed E-state index contributed by atoms with van der Waals surface area (Å²) in [5.41, 5.74) is 6.57. The van der Waals surface area contributed by atoms with Gasteiger partial charge in [-0.05, 0) is 37.2 Å². The first-order chi connectivity index (χ1) is 14.7. The van der Waals surface area contributed by atoms with Crippen molar-refractivity contribution in [2.24, 2.45) is 7.05 Å². The van der Waals surface area contributed by atoms with E-state index in [1.54, 1.807) is 19.2 Å². The van der Waals surface area contributed by atoms with E-state index in [1.807, 2.05) is 54.3 Å². The molecule has 31 heavy (non-hydrogen) atoms. The molecule has 8 heteroatoms. The minimum atomic E-state index is -0.690. The fraction of sp³-hybridized carbons (Fsp3) is 0.261. The van der Waals surface area contributed by atoms with E-state index in [1.165, 1.54) is 11.6 Å². The van der Waals surface area contributed by atoms with Crippen LogP contribution in [0.25, 0.3) is 0 Å². The fourth-order valence-electron chi connectivity index (χ4n) is 3.40. The summed E-state index contributed by atoms with van der Waals surface area (Å²) in [6.07, 6.45) is 0. The molecule has 1 heterocycles. The summed E-state index contributed by atoms with van der Waals surface area (Å²) in [4.78, 5) is 40.3. The third-order valence-electron chi connectivity index (χ3n) is 5.45. The topological polar surface area (TPSA) is 90.3 Å². The van der Waals surface area contributed by atoms with Gasteiger partial charge in [-0.2, -0.15) is 0 Å². The minimum Gasteiger partial charge on any atom is -0.384 e. The fourth-order valence-corrected chi connectivity index (χ4v) is 3.53. The third kappa shape index (κ3) is 4.78. The van der Waals surface area contributed by atoms with E-state index in [0.717, 1.165) is 15.7 Å². The van der Waals surface area contributed by atoms with E-state index in [-0.39, 0.29) is 30.5 Å². The predicted octanol–water partition coefficient (Wildman–Crippen LogP) is 2.71. The lowest BCUT2D eigenvalue weighted by atomic mass is 10.1. The lowest BCUT2D eigenvalue weighted by Gasteiger charge is -2.25. The summed E-state index contributed by atoms with van der Waals surface area (Å²) in [6, 6.07) is 16.5. The molecule has 162 valence electrons. The lowest BCUT2D eigenvalue weighted by molar-refractivity contribution is 0.0922. The van der Waals surface area contributed by atoms with Crippen molar-refractivity contribution >= 4 is 23.2 Å². The molecule has 0 fully saturated rings. The largest absolute Gasteiger partial charge is 0.384 e.